The zero-order valence-corrected chi connectivity index (χ0v) is 10.4. The monoisotopic (exact) mass is 246 g/mol. The molecule has 17 heavy (non-hydrogen) atoms. The number of aromatic nitrogens is 2. The highest BCUT2D eigenvalue weighted by Gasteiger charge is 2.08. The Bertz CT molecular complexity index is 476. The Labute approximate surface area is 105 Å². The van der Waals surface area contributed by atoms with Crippen molar-refractivity contribution in [3.05, 3.63) is 53.9 Å². The topological polar surface area (TPSA) is 46.0 Å². The number of aliphatic hydroxyl groups is 1. The summed E-state index contributed by atoms with van der Waals surface area (Å²) in [6, 6.07) is 11.5. The van der Waals surface area contributed by atoms with Crippen molar-refractivity contribution in [2.75, 3.05) is 5.75 Å². The molecule has 1 atom stereocenters. The van der Waals surface area contributed by atoms with Crippen molar-refractivity contribution in [1.29, 1.82) is 0 Å². The number of aryl methyl sites for hydroxylation is 1. The van der Waals surface area contributed by atoms with Gasteiger partial charge in [0.05, 0.1) is 6.10 Å². The number of benzene rings is 1. The van der Waals surface area contributed by atoms with Crippen LogP contribution in [0.4, 0.5) is 0 Å². The summed E-state index contributed by atoms with van der Waals surface area (Å²) in [6.07, 6.45) is 1.25. The lowest BCUT2D eigenvalue weighted by Crippen LogP contribution is -2.01. The van der Waals surface area contributed by atoms with Crippen LogP contribution in [-0.4, -0.2) is 20.8 Å². The third-order valence-electron chi connectivity index (χ3n) is 2.33. The second-order valence-corrected chi connectivity index (χ2v) is 4.71. The van der Waals surface area contributed by atoms with Crippen molar-refractivity contribution in [2.45, 2.75) is 18.2 Å². The van der Waals surface area contributed by atoms with Crippen molar-refractivity contribution in [1.82, 2.24) is 9.97 Å². The molecular formula is C13H14N2OS. The van der Waals surface area contributed by atoms with Crippen molar-refractivity contribution in [3.63, 3.8) is 0 Å². The molecule has 3 nitrogen and oxygen atoms in total. The third kappa shape index (κ3) is 3.54. The number of thioether (sulfide) groups is 1. The minimum absolute atomic E-state index is 0.481. The Morgan fingerprint density at radius 3 is 2.71 bits per heavy atom. The van der Waals surface area contributed by atoms with E-state index < -0.39 is 6.10 Å². The quantitative estimate of drug-likeness (QED) is 0.665. The van der Waals surface area contributed by atoms with E-state index in [9.17, 15) is 5.11 Å². The zero-order chi connectivity index (χ0) is 12.1. The standard InChI is InChI=1S/C13H14N2OS/c1-10-7-8-14-13(15-10)17-9-12(16)11-5-3-2-4-6-11/h2-8,12,16H,9H2,1H3. The zero-order valence-electron chi connectivity index (χ0n) is 9.58. The summed E-state index contributed by atoms with van der Waals surface area (Å²) in [4.78, 5) is 8.43. The van der Waals surface area contributed by atoms with Gasteiger partial charge in [-0.2, -0.15) is 0 Å². The second kappa shape index (κ2) is 5.80. The smallest absolute Gasteiger partial charge is 0.187 e. The highest BCUT2D eigenvalue weighted by molar-refractivity contribution is 7.99. The lowest BCUT2D eigenvalue weighted by molar-refractivity contribution is 0.204. The van der Waals surface area contributed by atoms with Crippen molar-refractivity contribution in [3.8, 4) is 0 Å². The SMILES string of the molecule is Cc1ccnc(SCC(O)c2ccccc2)n1. The summed E-state index contributed by atoms with van der Waals surface area (Å²) in [6.45, 7) is 1.93. The first kappa shape index (κ1) is 12.1. The van der Waals surface area contributed by atoms with Gasteiger partial charge in [0.2, 0.25) is 0 Å². The van der Waals surface area contributed by atoms with E-state index in [1.807, 2.05) is 43.3 Å². The van der Waals surface area contributed by atoms with Gasteiger partial charge in [-0.25, -0.2) is 9.97 Å². The largest absolute Gasteiger partial charge is 0.388 e. The molecule has 1 aromatic carbocycles. The molecule has 2 rings (SSSR count). The van der Waals surface area contributed by atoms with Crippen LogP contribution in [0.5, 0.6) is 0 Å². The van der Waals surface area contributed by atoms with Crippen LogP contribution in [0.2, 0.25) is 0 Å². The molecule has 0 aliphatic carbocycles. The molecule has 0 aliphatic heterocycles. The van der Waals surface area contributed by atoms with Crippen LogP contribution in [0.25, 0.3) is 0 Å². The molecule has 2 aromatic rings. The fraction of sp³-hybridized carbons (Fsp3) is 0.231. The molecule has 0 saturated heterocycles. The van der Waals surface area contributed by atoms with E-state index in [0.29, 0.717) is 10.9 Å². The summed E-state index contributed by atoms with van der Waals surface area (Å²) < 4.78 is 0. The second-order valence-electron chi connectivity index (χ2n) is 3.72. The molecule has 0 saturated carbocycles. The first-order chi connectivity index (χ1) is 8.25. The van der Waals surface area contributed by atoms with Gasteiger partial charge in [0.1, 0.15) is 0 Å². The van der Waals surface area contributed by atoms with E-state index in [0.717, 1.165) is 11.3 Å². The summed E-state index contributed by atoms with van der Waals surface area (Å²) >= 11 is 1.47. The highest BCUT2D eigenvalue weighted by atomic mass is 32.2. The number of nitrogens with zero attached hydrogens (tertiary/aromatic N) is 2. The molecule has 0 amide bonds. The molecule has 0 radical (unpaired) electrons. The molecule has 4 heteroatoms. The summed E-state index contributed by atoms with van der Waals surface area (Å²) in [5.74, 6) is 0.563. The normalized spacial score (nSPS) is 12.4. The maximum Gasteiger partial charge on any atom is 0.187 e. The summed E-state index contributed by atoms with van der Waals surface area (Å²) in [5.41, 5.74) is 1.87. The van der Waals surface area contributed by atoms with Gasteiger partial charge in [-0.05, 0) is 18.6 Å². The Balaban J connectivity index is 1.95. The molecule has 0 bridgehead atoms. The molecule has 1 heterocycles. The number of aliphatic hydroxyl groups excluding tert-OH is 1. The average Bonchev–Trinajstić information content (AvgIpc) is 2.37. The van der Waals surface area contributed by atoms with Crippen LogP contribution in [0.15, 0.2) is 47.8 Å². The van der Waals surface area contributed by atoms with Gasteiger partial charge in [-0.1, -0.05) is 42.1 Å². The minimum atomic E-state index is -0.481. The van der Waals surface area contributed by atoms with Crippen LogP contribution in [-0.2, 0) is 0 Å². The van der Waals surface area contributed by atoms with Crippen LogP contribution in [0.3, 0.4) is 0 Å². The van der Waals surface area contributed by atoms with Gasteiger partial charge in [-0.3, -0.25) is 0 Å². The predicted molar refractivity (Wildman–Crippen MR) is 68.9 cm³/mol. The van der Waals surface area contributed by atoms with E-state index in [2.05, 4.69) is 9.97 Å². The lowest BCUT2D eigenvalue weighted by atomic mass is 10.1. The number of rotatable bonds is 4. The van der Waals surface area contributed by atoms with Gasteiger partial charge in [0.15, 0.2) is 5.16 Å². The first-order valence-corrected chi connectivity index (χ1v) is 6.40. The average molecular weight is 246 g/mol. The lowest BCUT2D eigenvalue weighted by Gasteiger charge is -2.09. The van der Waals surface area contributed by atoms with Crippen molar-refractivity contribution < 1.29 is 5.11 Å². The molecule has 0 spiro atoms. The Kier molecular flexibility index (Phi) is 4.12. The summed E-state index contributed by atoms with van der Waals surface area (Å²) in [7, 11) is 0. The molecule has 1 aromatic heterocycles. The van der Waals surface area contributed by atoms with E-state index in [4.69, 9.17) is 0 Å². The highest BCUT2D eigenvalue weighted by Crippen LogP contribution is 2.21. The van der Waals surface area contributed by atoms with Crippen LogP contribution in [0, 0.1) is 6.92 Å². The Morgan fingerprint density at radius 1 is 1.24 bits per heavy atom. The maximum absolute atomic E-state index is 9.97. The van der Waals surface area contributed by atoms with Crippen LogP contribution < -0.4 is 0 Å². The van der Waals surface area contributed by atoms with E-state index >= 15 is 0 Å². The Morgan fingerprint density at radius 2 is 2.00 bits per heavy atom. The molecule has 1 unspecified atom stereocenters. The van der Waals surface area contributed by atoms with E-state index in [1.165, 1.54) is 11.8 Å². The van der Waals surface area contributed by atoms with Gasteiger partial charge in [0.25, 0.3) is 0 Å². The number of hydrogen-bond acceptors (Lipinski definition) is 4. The predicted octanol–water partition coefficient (Wildman–Crippen LogP) is 2.61. The fourth-order valence-corrected chi connectivity index (χ4v) is 2.26. The van der Waals surface area contributed by atoms with Gasteiger partial charge >= 0.3 is 0 Å². The maximum atomic E-state index is 9.97. The first-order valence-electron chi connectivity index (χ1n) is 5.41. The molecular weight excluding hydrogens is 232 g/mol. The fourth-order valence-electron chi connectivity index (χ4n) is 1.42. The van der Waals surface area contributed by atoms with Crippen LogP contribution in [0.1, 0.15) is 17.4 Å². The number of hydrogen-bond donors (Lipinski definition) is 1. The van der Waals surface area contributed by atoms with Crippen LogP contribution >= 0.6 is 11.8 Å². The van der Waals surface area contributed by atoms with Crippen molar-refractivity contribution in [2.24, 2.45) is 0 Å². The molecule has 1 N–H and O–H groups in total. The summed E-state index contributed by atoms with van der Waals surface area (Å²) in [5, 5.41) is 10.7. The molecule has 0 aliphatic rings. The van der Waals surface area contributed by atoms with E-state index in [1.54, 1.807) is 6.20 Å². The third-order valence-corrected chi connectivity index (χ3v) is 3.26. The Hall–Kier alpha value is -1.39. The van der Waals surface area contributed by atoms with Gasteiger partial charge in [-0.15, -0.1) is 0 Å². The van der Waals surface area contributed by atoms with Crippen molar-refractivity contribution >= 4 is 11.8 Å². The molecule has 88 valence electrons. The van der Waals surface area contributed by atoms with E-state index in [-0.39, 0.29) is 0 Å². The minimum Gasteiger partial charge on any atom is -0.388 e. The molecule has 0 fully saturated rings. The van der Waals surface area contributed by atoms with Gasteiger partial charge < -0.3 is 5.11 Å². The van der Waals surface area contributed by atoms with Gasteiger partial charge in [0, 0.05) is 17.6 Å².